The standard InChI is InChI=1S/C10H12O4S2/c1-6-5-9(14-7(2)11)8-3-4-15-10(8)16(6,12)13/h3-4,6,9H,5H2,1-2H3/t6-,9+/m0/s1. The molecule has 2 rings (SSSR count). The summed E-state index contributed by atoms with van der Waals surface area (Å²) in [6, 6.07) is 1.72. The van der Waals surface area contributed by atoms with Crippen molar-refractivity contribution in [2.24, 2.45) is 0 Å². The molecule has 0 amide bonds. The Morgan fingerprint density at radius 1 is 1.56 bits per heavy atom. The Balaban J connectivity index is 2.46. The van der Waals surface area contributed by atoms with Gasteiger partial charge in [-0.05, 0) is 18.4 Å². The van der Waals surface area contributed by atoms with Crippen LogP contribution in [0.2, 0.25) is 0 Å². The van der Waals surface area contributed by atoms with Crippen molar-refractivity contribution in [2.75, 3.05) is 0 Å². The molecule has 0 radical (unpaired) electrons. The van der Waals surface area contributed by atoms with Gasteiger partial charge in [-0.1, -0.05) is 0 Å². The van der Waals surface area contributed by atoms with Gasteiger partial charge >= 0.3 is 5.97 Å². The molecular formula is C10H12O4S2. The molecule has 1 aliphatic heterocycles. The van der Waals surface area contributed by atoms with Crippen LogP contribution >= 0.6 is 11.3 Å². The summed E-state index contributed by atoms with van der Waals surface area (Å²) >= 11 is 1.19. The first-order valence-electron chi connectivity index (χ1n) is 4.91. The molecule has 0 fully saturated rings. The second-order valence-corrected chi connectivity index (χ2v) is 7.33. The van der Waals surface area contributed by atoms with Gasteiger partial charge in [-0.15, -0.1) is 11.3 Å². The number of esters is 1. The molecule has 16 heavy (non-hydrogen) atoms. The number of thiophene rings is 1. The topological polar surface area (TPSA) is 60.4 Å². The van der Waals surface area contributed by atoms with Crippen LogP contribution in [0.3, 0.4) is 0 Å². The molecule has 0 spiro atoms. The van der Waals surface area contributed by atoms with Crippen LogP contribution in [0.4, 0.5) is 0 Å². The SMILES string of the molecule is CC(=O)O[C@@H]1C[C@H](C)S(=O)(=O)c2sccc21. The van der Waals surface area contributed by atoms with Gasteiger partial charge in [0.25, 0.3) is 0 Å². The maximum absolute atomic E-state index is 12.0. The van der Waals surface area contributed by atoms with Gasteiger partial charge in [-0.2, -0.15) is 0 Å². The van der Waals surface area contributed by atoms with E-state index in [4.69, 9.17) is 4.74 Å². The number of carbonyl (C=O) groups is 1. The number of ether oxygens (including phenoxy) is 1. The van der Waals surface area contributed by atoms with Crippen LogP contribution in [0.5, 0.6) is 0 Å². The average Bonchev–Trinajstić information content (AvgIpc) is 2.62. The van der Waals surface area contributed by atoms with E-state index in [0.29, 0.717) is 16.2 Å². The van der Waals surface area contributed by atoms with E-state index in [2.05, 4.69) is 0 Å². The van der Waals surface area contributed by atoms with E-state index in [-0.39, 0.29) is 5.97 Å². The summed E-state index contributed by atoms with van der Waals surface area (Å²) in [6.07, 6.45) is -0.0803. The fraction of sp³-hybridized carbons (Fsp3) is 0.500. The molecule has 0 aromatic carbocycles. The molecule has 1 aliphatic rings. The van der Waals surface area contributed by atoms with Crippen LogP contribution in [-0.4, -0.2) is 19.6 Å². The van der Waals surface area contributed by atoms with E-state index >= 15 is 0 Å². The Morgan fingerprint density at radius 2 is 2.25 bits per heavy atom. The molecule has 4 nitrogen and oxygen atoms in total. The summed E-state index contributed by atoms with van der Waals surface area (Å²) in [5.74, 6) is -0.381. The zero-order valence-corrected chi connectivity index (χ0v) is 10.6. The Morgan fingerprint density at radius 3 is 2.88 bits per heavy atom. The Hall–Kier alpha value is -0.880. The Bertz CT molecular complexity index is 515. The van der Waals surface area contributed by atoms with Crippen LogP contribution in [0.15, 0.2) is 15.7 Å². The quantitative estimate of drug-likeness (QED) is 0.724. The third-order valence-corrected chi connectivity index (χ3v) is 6.36. The van der Waals surface area contributed by atoms with Gasteiger partial charge in [0, 0.05) is 18.9 Å². The van der Waals surface area contributed by atoms with Crippen molar-refractivity contribution < 1.29 is 17.9 Å². The summed E-state index contributed by atoms with van der Waals surface area (Å²) in [6.45, 7) is 2.98. The second-order valence-electron chi connectivity index (χ2n) is 3.85. The van der Waals surface area contributed by atoms with Crippen molar-refractivity contribution in [3.63, 3.8) is 0 Å². The summed E-state index contributed by atoms with van der Waals surface area (Å²) in [5.41, 5.74) is 0.623. The monoisotopic (exact) mass is 260 g/mol. The zero-order chi connectivity index (χ0) is 11.9. The van der Waals surface area contributed by atoms with E-state index in [0.717, 1.165) is 0 Å². The minimum Gasteiger partial charge on any atom is -0.458 e. The maximum atomic E-state index is 12.0. The Labute approximate surface area is 98.2 Å². The minimum absolute atomic E-state index is 0.339. The van der Waals surface area contributed by atoms with Gasteiger partial charge in [0.2, 0.25) is 0 Å². The highest BCUT2D eigenvalue weighted by atomic mass is 32.2. The third-order valence-electron chi connectivity index (χ3n) is 2.65. The highest BCUT2D eigenvalue weighted by Crippen LogP contribution is 2.41. The van der Waals surface area contributed by atoms with Gasteiger partial charge in [-0.3, -0.25) is 4.79 Å². The first kappa shape index (κ1) is 11.6. The molecule has 0 bridgehead atoms. The van der Waals surface area contributed by atoms with Gasteiger partial charge < -0.3 is 4.74 Å². The summed E-state index contributed by atoms with van der Waals surface area (Å²) < 4.78 is 29.4. The molecule has 0 saturated heterocycles. The third kappa shape index (κ3) is 1.76. The number of carbonyl (C=O) groups excluding carboxylic acids is 1. The van der Waals surface area contributed by atoms with Crippen LogP contribution in [0.25, 0.3) is 0 Å². The number of fused-ring (bicyclic) bond motifs is 1. The second kappa shape index (κ2) is 3.85. The maximum Gasteiger partial charge on any atom is 0.303 e. The lowest BCUT2D eigenvalue weighted by atomic mass is 10.1. The summed E-state index contributed by atoms with van der Waals surface area (Å²) in [7, 11) is -3.22. The summed E-state index contributed by atoms with van der Waals surface area (Å²) in [5, 5.41) is 1.22. The Kier molecular flexibility index (Phi) is 2.79. The van der Waals surface area contributed by atoms with Crippen molar-refractivity contribution in [1.82, 2.24) is 0 Å². The number of rotatable bonds is 1. The minimum atomic E-state index is -3.22. The van der Waals surface area contributed by atoms with E-state index in [9.17, 15) is 13.2 Å². The van der Waals surface area contributed by atoms with Crippen molar-refractivity contribution in [3.05, 3.63) is 17.0 Å². The molecule has 2 atom stereocenters. The van der Waals surface area contributed by atoms with Crippen LogP contribution < -0.4 is 0 Å². The van der Waals surface area contributed by atoms with Crippen molar-refractivity contribution in [2.45, 2.75) is 35.8 Å². The lowest BCUT2D eigenvalue weighted by Crippen LogP contribution is -2.28. The number of sulfone groups is 1. The predicted octanol–water partition coefficient (Wildman–Crippen LogP) is 1.92. The van der Waals surface area contributed by atoms with Gasteiger partial charge in [0.15, 0.2) is 9.84 Å². The molecule has 0 saturated carbocycles. The van der Waals surface area contributed by atoms with Crippen LogP contribution in [-0.2, 0) is 19.4 Å². The molecular weight excluding hydrogens is 248 g/mol. The molecule has 2 heterocycles. The van der Waals surface area contributed by atoms with E-state index in [1.807, 2.05) is 0 Å². The zero-order valence-electron chi connectivity index (χ0n) is 8.97. The van der Waals surface area contributed by atoms with Crippen LogP contribution in [0, 0.1) is 0 Å². The predicted molar refractivity (Wildman–Crippen MR) is 60.1 cm³/mol. The number of hydrogen-bond donors (Lipinski definition) is 0. The average molecular weight is 260 g/mol. The first-order valence-corrected chi connectivity index (χ1v) is 7.34. The van der Waals surface area contributed by atoms with Crippen molar-refractivity contribution in [1.29, 1.82) is 0 Å². The van der Waals surface area contributed by atoms with E-state index < -0.39 is 21.2 Å². The van der Waals surface area contributed by atoms with E-state index in [1.165, 1.54) is 18.3 Å². The number of hydrogen-bond acceptors (Lipinski definition) is 5. The lowest BCUT2D eigenvalue weighted by molar-refractivity contribution is -0.147. The molecule has 88 valence electrons. The highest BCUT2D eigenvalue weighted by molar-refractivity contribution is 7.94. The molecule has 1 aromatic rings. The van der Waals surface area contributed by atoms with Gasteiger partial charge in [0.1, 0.15) is 10.3 Å². The molecule has 1 aromatic heterocycles. The van der Waals surface area contributed by atoms with Crippen LogP contribution in [0.1, 0.15) is 31.9 Å². The molecule has 0 unspecified atom stereocenters. The smallest absolute Gasteiger partial charge is 0.303 e. The molecule has 0 aliphatic carbocycles. The fourth-order valence-electron chi connectivity index (χ4n) is 1.83. The molecule has 6 heteroatoms. The lowest BCUT2D eigenvalue weighted by Gasteiger charge is -2.26. The van der Waals surface area contributed by atoms with Crippen molar-refractivity contribution >= 4 is 27.1 Å². The largest absolute Gasteiger partial charge is 0.458 e. The summed E-state index contributed by atoms with van der Waals surface area (Å²) in [4.78, 5) is 10.9. The van der Waals surface area contributed by atoms with Gasteiger partial charge in [-0.25, -0.2) is 8.42 Å². The van der Waals surface area contributed by atoms with Crippen molar-refractivity contribution in [3.8, 4) is 0 Å². The van der Waals surface area contributed by atoms with E-state index in [1.54, 1.807) is 18.4 Å². The first-order chi connectivity index (χ1) is 7.43. The highest BCUT2D eigenvalue weighted by Gasteiger charge is 2.38. The molecule has 0 N–H and O–H groups in total. The van der Waals surface area contributed by atoms with Gasteiger partial charge in [0.05, 0.1) is 5.25 Å². The fourth-order valence-corrected chi connectivity index (χ4v) is 5.02. The normalized spacial score (nSPS) is 27.1.